The lowest BCUT2D eigenvalue weighted by atomic mass is 9.98. The van der Waals surface area contributed by atoms with E-state index in [1.807, 2.05) is 11.8 Å². The third kappa shape index (κ3) is 2.54. The summed E-state index contributed by atoms with van der Waals surface area (Å²) in [4.78, 5) is 1.39. The minimum absolute atomic E-state index is 0.193. The van der Waals surface area contributed by atoms with Crippen molar-refractivity contribution in [2.24, 2.45) is 5.84 Å². The Bertz CT molecular complexity index is 540. The van der Waals surface area contributed by atoms with Gasteiger partial charge in [-0.2, -0.15) is 0 Å². The number of hydrogen-bond acceptors (Lipinski definition) is 3. The van der Waals surface area contributed by atoms with Crippen LogP contribution in [0.4, 0.5) is 0 Å². The molecule has 0 radical (unpaired) electrons. The molecule has 2 aromatic carbocycles. The average molecular weight is 270 g/mol. The molecule has 0 aromatic heterocycles. The van der Waals surface area contributed by atoms with E-state index in [0.717, 1.165) is 6.42 Å². The fourth-order valence-electron chi connectivity index (χ4n) is 2.59. The van der Waals surface area contributed by atoms with Crippen molar-refractivity contribution in [2.45, 2.75) is 29.5 Å². The van der Waals surface area contributed by atoms with Gasteiger partial charge in [-0.1, -0.05) is 48.0 Å². The Hall–Kier alpha value is -1.29. The number of rotatable bonds is 3. The highest BCUT2D eigenvalue weighted by Crippen LogP contribution is 2.42. The van der Waals surface area contributed by atoms with E-state index in [4.69, 9.17) is 5.84 Å². The van der Waals surface area contributed by atoms with Crippen molar-refractivity contribution in [3.63, 3.8) is 0 Å². The fraction of sp³-hybridized carbons (Fsp3) is 0.250. The molecule has 2 nitrogen and oxygen atoms in total. The molecule has 1 aliphatic rings. The largest absolute Gasteiger partial charge is 0.271 e. The maximum atomic E-state index is 5.79. The molecular formula is C16H18N2S. The van der Waals surface area contributed by atoms with Crippen LogP contribution in [0.3, 0.4) is 0 Å². The second-order valence-electron chi connectivity index (χ2n) is 5.02. The third-order valence-corrected chi connectivity index (χ3v) is 5.05. The highest BCUT2D eigenvalue weighted by Gasteiger charge is 2.29. The molecule has 0 spiro atoms. The molecule has 0 saturated carbocycles. The number of hydrazine groups is 1. The van der Waals surface area contributed by atoms with Gasteiger partial charge in [0.05, 0.1) is 6.04 Å². The van der Waals surface area contributed by atoms with Crippen LogP contribution >= 0.6 is 11.8 Å². The van der Waals surface area contributed by atoms with Gasteiger partial charge in [-0.15, -0.1) is 11.8 Å². The van der Waals surface area contributed by atoms with Crippen LogP contribution in [0.25, 0.3) is 0 Å². The first-order valence-electron chi connectivity index (χ1n) is 6.55. The summed E-state index contributed by atoms with van der Waals surface area (Å²) in [6.07, 6.45) is 1.07. The smallest absolute Gasteiger partial charge is 0.0585 e. The molecule has 1 heterocycles. The summed E-state index contributed by atoms with van der Waals surface area (Å²) < 4.78 is 0. The topological polar surface area (TPSA) is 38.0 Å². The van der Waals surface area contributed by atoms with Gasteiger partial charge in [0.2, 0.25) is 0 Å². The van der Waals surface area contributed by atoms with Crippen LogP contribution in [-0.2, 0) is 6.42 Å². The van der Waals surface area contributed by atoms with Crippen molar-refractivity contribution in [3.05, 3.63) is 65.2 Å². The molecule has 2 atom stereocenters. The van der Waals surface area contributed by atoms with E-state index in [-0.39, 0.29) is 6.04 Å². The highest BCUT2D eigenvalue weighted by molar-refractivity contribution is 8.00. The number of nitrogens with two attached hydrogens (primary N) is 1. The van der Waals surface area contributed by atoms with Gasteiger partial charge in [0, 0.05) is 10.1 Å². The molecule has 0 bridgehead atoms. The Kier molecular flexibility index (Phi) is 3.60. The summed E-state index contributed by atoms with van der Waals surface area (Å²) in [5.74, 6) is 5.79. The average Bonchev–Trinajstić information content (AvgIpc) is 2.85. The van der Waals surface area contributed by atoms with Crippen LogP contribution in [0.15, 0.2) is 53.4 Å². The number of thioether (sulfide) groups is 1. The molecule has 0 aliphatic carbocycles. The molecule has 3 N–H and O–H groups in total. The first-order valence-corrected chi connectivity index (χ1v) is 7.43. The van der Waals surface area contributed by atoms with E-state index in [1.54, 1.807) is 0 Å². The number of hydrogen-bond donors (Lipinski definition) is 2. The van der Waals surface area contributed by atoms with Gasteiger partial charge in [-0.3, -0.25) is 11.3 Å². The summed E-state index contributed by atoms with van der Waals surface area (Å²) in [7, 11) is 0. The van der Waals surface area contributed by atoms with E-state index in [1.165, 1.54) is 21.6 Å². The Morgan fingerprint density at radius 2 is 1.89 bits per heavy atom. The first-order chi connectivity index (χ1) is 9.28. The number of nitrogens with one attached hydrogen (secondary N) is 1. The zero-order chi connectivity index (χ0) is 13.2. The summed E-state index contributed by atoms with van der Waals surface area (Å²) in [5.41, 5.74) is 6.97. The molecule has 19 heavy (non-hydrogen) atoms. The molecule has 3 heteroatoms. The normalized spacial score (nSPS) is 19.2. The van der Waals surface area contributed by atoms with Crippen molar-refractivity contribution in [1.82, 2.24) is 5.43 Å². The Balaban J connectivity index is 1.83. The van der Waals surface area contributed by atoms with Gasteiger partial charge in [-0.25, -0.2) is 0 Å². The lowest BCUT2D eigenvalue weighted by molar-refractivity contribution is 0.533. The Morgan fingerprint density at radius 3 is 2.58 bits per heavy atom. The van der Waals surface area contributed by atoms with Crippen LogP contribution in [0.2, 0.25) is 0 Å². The molecular weight excluding hydrogens is 252 g/mol. The molecule has 2 aromatic rings. The molecule has 0 saturated heterocycles. The van der Waals surface area contributed by atoms with Crippen molar-refractivity contribution in [3.8, 4) is 0 Å². The quantitative estimate of drug-likeness (QED) is 0.664. The monoisotopic (exact) mass is 270 g/mol. The van der Waals surface area contributed by atoms with E-state index < -0.39 is 0 Å². The van der Waals surface area contributed by atoms with Crippen LogP contribution in [-0.4, -0.2) is 5.25 Å². The maximum Gasteiger partial charge on any atom is 0.0585 e. The van der Waals surface area contributed by atoms with Crippen LogP contribution in [0, 0.1) is 6.92 Å². The maximum absolute atomic E-state index is 5.79. The summed E-state index contributed by atoms with van der Waals surface area (Å²) in [5, 5.41) is 0.463. The number of aryl methyl sites for hydroxylation is 1. The first kappa shape index (κ1) is 12.7. The minimum Gasteiger partial charge on any atom is -0.271 e. The Labute approximate surface area is 118 Å². The van der Waals surface area contributed by atoms with Crippen LogP contribution in [0.1, 0.15) is 22.7 Å². The van der Waals surface area contributed by atoms with Crippen molar-refractivity contribution in [2.75, 3.05) is 0 Å². The molecule has 0 amide bonds. The second-order valence-corrected chi connectivity index (χ2v) is 6.30. The fourth-order valence-corrected chi connectivity index (χ4v) is 4.01. The number of benzene rings is 2. The predicted octanol–water partition coefficient (Wildman–Crippen LogP) is 3.22. The zero-order valence-corrected chi connectivity index (χ0v) is 11.8. The Morgan fingerprint density at radius 1 is 1.16 bits per heavy atom. The van der Waals surface area contributed by atoms with Gasteiger partial charge in [0.15, 0.2) is 0 Å². The lowest BCUT2D eigenvalue weighted by Gasteiger charge is -2.22. The zero-order valence-electron chi connectivity index (χ0n) is 11.0. The summed E-state index contributed by atoms with van der Waals surface area (Å²) >= 11 is 1.93. The molecule has 2 unspecified atom stereocenters. The van der Waals surface area contributed by atoms with Crippen molar-refractivity contribution >= 4 is 11.8 Å². The van der Waals surface area contributed by atoms with Gasteiger partial charge >= 0.3 is 0 Å². The SMILES string of the molecule is Cc1ccc(C(NN)C2Cc3ccccc3S2)cc1. The third-order valence-electron chi connectivity index (χ3n) is 3.66. The molecule has 98 valence electrons. The lowest BCUT2D eigenvalue weighted by Crippen LogP contribution is -2.35. The minimum atomic E-state index is 0.193. The van der Waals surface area contributed by atoms with Gasteiger partial charge in [0.25, 0.3) is 0 Å². The molecule has 0 fully saturated rings. The second kappa shape index (κ2) is 5.37. The van der Waals surface area contributed by atoms with Crippen LogP contribution < -0.4 is 11.3 Å². The molecule has 3 rings (SSSR count). The van der Waals surface area contributed by atoms with E-state index in [2.05, 4.69) is 60.9 Å². The summed E-state index contributed by atoms with van der Waals surface area (Å²) in [6.45, 7) is 2.11. The van der Waals surface area contributed by atoms with E-state index in [0.29, 0.717) is 5.25 Å². The van der Waals surface area contributed by atoms with Gasteiger partial charge in [-0.05, 0) is 30.5 Å². The van der Waals surface area contributed by atoms with E-state index >= 15 is 0 Å². The standard InChI is InChI=1S/C16H18N2S/c1-11-6-8-12(9-7-11)16(18-17)15-10-13-4-2-3-5-14(13)19-15/h2-9,15-16,18H,10,17H2,1H3. The van der Waals surface area contributed by atoms with Gasteiger partial charge < -0.3 is 0 Å². The van der Waals surface area contributed by atoms with E-state index in [9.17, 15) is 0 Å². The predicted molar refractivity (Wildman–Crippen MR) is 81.0 cm³/mol. The highest BCUT2D eigenvalue weighted by atomic mass is 32.2. The summed E-state index contributed by atoms with van der Waals surface area (Å²) in [6, 6.07) is 17.4. The van der Waals surface area contributed by atoms with Crippen LogP contribution in [0.5, 0.6) is 0 Å². The van der Waals surface area contributed by atoms with Crippen molar-refractivity contribution in [1.29, 1.82) is 0 Å². The number of fused-ring (bicyclic) bond motifs is 1. The van der Waals surface area contributed by atoms with Crippen molar-refractivity contribution < 1.29 is 0 Å². The molecule has 1 aliphatic heterocycles. The van der Waals surface area contributed by atoms with Gasteiger partial charge in [0.1, 0.15) is 0 Å².